The summed E-state index contributed by atoms with van der Waals surface area (Å²) in [6, 6.07) is 5.65. The highest BCUT2D eigenvalue weighted by molar-refractivity contribution is 6.32. The lowest BCUT2D eigenvalue weighted by Crippen LogP contribution is -2.36. The Morgan fingerprint density at radius 3 is 2.41 bits per heavy atom. The third kappa shape index (κ3) is 5.48. The number of ether oxygens (including phenoxy) is 2. The highest BCUT2D eigenvalue weighted by Gasteiger charge is 2.31. The van der Waals surface area contributed by atoms with Crippen molar-refractivity contribution in [3.63, 3.8) is 0 Å². The number of amides is 1. The Bertz CT molecular complexity index is 967. The largest absolute Gasteiger partial charge is 0.462 e. The molecule has 2 rings (SSSR count). The van der Waals surface area contributed by atoms with Crippen LogP contribution in [0.25, 0.3) is 0 Å². The number of nitro benzene ring substituents is 1. The maximum absolute atomic E-state index is 12.7. The van der Waals surface area contributed by atoms with E-state index in [9.17, 15) is 32.9 Å². The van der Waals surface area contributed by atoms with Crippen LogP contribution in [0.3, 0.4) is 0 Å². The Labute approximate surface area is 165 Å². The smallest absolute Gasteiger partial charge is 0.416 e. The first kappa shape index (κ1) is 21.8. The van der Waals surface area contributed by atoms with Crippen LogP contribution in [0.4, 0.5) is 24.5 Å². The molecule has 0 aliphatic heterocycles. The van der Waals surface area contributed by atoms with E-state index in [1.807, 2.05) is 5.43 Å². The van der Waals surface area contributed by atoms with Gasteiger partial charge >= 0.3 is 18.1 Å². The van der Waals surface area contributed by atoms with E-state index in [2.05, 4.69) is 10.2 Å². The second kappa shape index (κ2) is 8.65. The van der Waals surface area contributed by atoms with E-state index < -0.39 is 34.2 Å². The number of nitrogens with one attached hydrogen (secondary N) is 2. The summed E-state index contributed by atoms with van der Waals surface area (Å²) in [5.41, 5.74) is 2.34. The summed E-state index contributed by atoms with van der Waals surface area (Å²) in [5, 5.41) is 10.8. The molecule has 0 heterocycles. The van der Waals surface area contributed by atoms with Crippen molar-refractivity contribution < 1.29 is 37.2 Å². The van der Waals surface area contributed by atoms with E-state index in [1.165, 1.54) is 6.07 Å². The number of hydrogen-bond donors (Lipinski definition) is 2. The maximum Gasteiger partial charge on any atom is 0.416 e. The molecule has 0 bridgehead atoms. The first-order chi connectivity index (χ1) is 13.5. The lowest BCUT2D eigenvalue weighted by Gasteiger charge is -2.13. The number of anilines is 1. The molecule has 29 heavy (non-hydrogen) atoms. The van der Waals surface area contributed by atoms with Gasteiger partial charge in [-0.1, -0.05) is 11.6 Å². The topological polar surface area (TPSA) is 120 Å². The number of alkyl halides is 3. The molecule has 0 fully saturated rings. The molecule has 154 valence electrons. The van der Waals surface area contributed by atoms with Crippen molar-refractivity contribution in [2.75, 3.05) is 12.5 Å². The second-order valence-electron chi connectivity index (χ2n) is 5.25. The van der Waals surface area contributed by atoms with E-state index >= 15 is 0 Å². The minimum Gasteiger partial charge on any atom is -0.462 e. The maximum atomic E-state index is 12.7. The van der Waals surface area contributed by atoms with Gasteiger partial charge in [0.2, 0.25) is 0 Å². The SMILES string of the molecule is COC(=O)C(=O)NNc1cc(Oc2ccc(C(F)(F)F)cc2Cl)ccc1[N+](=O)[O-]. The third-order valence-electron chi connectivity index (χ3n) is 3.33. The van der Waals surface area contributed by atoms with E-state index in [0.29, 0.717) is 6.07 Å². The summed E-state index contributed by atoms with van der Waals surface area (Å²) >= 11 is 5.80. The minimum atomic E-state index is -4.59. The Balaban J connectivity index is 2.27. The molecule has 2 aromatic rings. The quantitative estimate of drug-likeness (QED) is 0.319. The zero-order valence-corrected chi connectivity index (χ0v) is 15.1. The number of nitrogens with zero attached hydrogens (tertiary/aromatic N) is 1. The fourth-order valence-electron chi connectivity index (χ4n) is 1.99. The first-order valence-electron chi connectivity index (χ1n) is 7.50. The van der Waals surface area contributed by atoms with Crippen LogP contribution in [-0.2, 0) is 20.5 Å². The molecule has 0 radical (unpaired) electrons. The van der Waals surface area contributed by atoms with Gasteiger partial charge in [0.1, 0.15) is 17.2 Å². The minimum absolute atomic E-state index is 0.0490. The van der Waals surface area contributed by atoms with Crippen LogP contribution in [0, 0.1) is 10.1 Å². The van der Waals surface area contributed by atoms with Gasteiger partial charge in [-0.3, -0.25) is 25.8 Å². The van der Waals surface area contributed by atoms with Crippen LogP contribution in [0.15, 0.2) is 36.4 Å². The van der Waals surface area contributed by atoms with Gasteiger partial charge in [0.05, 0.1) is 22.6 Å². The molecule has 0 saturated heterocycles. The van der Waals surface area contributed by atoms with Gasteiger partial charge in [0, 0.05) is 12.1 Å². The van der Waals surface area contributed by atoms with Crippen molar-refractivity contribution in [1.82, 2.24) is 5.43 Å². The Kier molecular flexibility index (Phi) is 6.49. The third-order valence-corrected chi connectivity index (χ3v) is 3.63. The van der Waals surface area contributed by atoms with Crippen molar-refractivity contribution in [2.24, 2.45) is 0 Å². The summed E-state index contributed by atoms with van der Waals surface area (Å²) in [7, 11) is 0.965. The van der Waals surface area contributed by atoms with Gasteiger partial charge in [-0.25, -0.2) is 4.79 Å². The number of esters is 1. The summed E-state index contributed by atoms with van der Waals surface area (Å²) < 4.78 is 47.6. The van der Waals surface area contributed by atoms with Gasteiger partial charge in [-0.15, -0.1) is 0 Å². The van der Waals surface area contributed by atoms with Crippen LogP contribution >= 0.6 is 11.6 Å². The molecular formula is C16H11ClF3N3O6. The lowest BCUT2D eigenvalue weighted by molar-refractivity contribution is -0.384. The predicted molar refractivity (Wildman–Crippen MR) is 93.4 cm³/mol. The molecule has 0 aromatic heterocycles. The zero-order chi connectivity index (χ0) is 21.8. The van der Waals surface area contributed by atoms with Crippen molar-refractivity contribution in [3.05, 3.63) is 57.1 Å². The molecule has 0 aliphatic carbocycles. The highest BCUT2D eigenvalue weighted by atomic mass is 35.5. The van der Waals surface area contributed by atoms with Crippen LogP contribution in [0.2, 0.25) is 5.02 Å². The average Bonchev–Trinajstić information content (AvgIpc) is 2.66. The van der Waals surface area contributed by atoms with Crippen LogP contribution < -0.4 is 15.6 Å². The summed E-state index contributed by atoms with van der Waals surface area (Å²) in [5.74, 6) is -2.66. The number of nitro groups is 1. The molecule has 0 spiro atoms. The van der Waals surface area contributed by atoms with Crippen molar-refractivity contribution >= 4 is 34.9 Å². The summed E-state index contributed by atoms with van der Waals surface area (Å²) in [6.07, 6.45) is -4.59. The number of rotatable bonds is 5. The fraction of sp³-hybridized carbons (Fsp3) is 0.125. The van der Waals surface area contributed by atoms with Crippen molar-refractivity contribution in [2.45, 2.75) is 6.18 Å². The van der Waals surface area contributed by atoms with E-state index in [4.69, 9.17) is 16.3 Å². The Hall–Kier alpha value is -3.54. The normalized spacial score (nSPS) is 10.8. The number of halogens is 4. The van der Waals surface area contributed by atoms with Gasteiger partial charge in [0.25, 0.3) is 5.69 Å². The number of hydrazine groups is 1. The van der Waals surface area contributed by atoms with Gasteiger partial charge in [-0.05, 0) is 24.3 Å². The standard InChI is InChI=1S/C16H11ClF3N3O6/c1-28-15(25)14(24)22-21-11-7-9(3-4-12(11)23(26)27)29-13-5-2-8(6-10(13)17)16(18,19)20/h2-7,21H,1H3,(H,22,24). The summed E-state index contributed by atoms with van der Waals surface area (Å²) in [4.78, 5) is 32.8. The Morgan fingerprint density at radius 2 is 1.86 bits per heavy atom. The number of carbonyl (C=O) groups excluding carboxylic acids is 2. The molecule has 13 heteroatoms. The van der Waals surface area contributed by atoms with Gasteiger partial charge in [-0.2, -0.15) is 13.2 Å². The molecular weight excluding hydrogens is 423 g/mol. The monoisotopic (exact) mass is 433 g/mol. The average molecular weight is 434 g/mol. The van der Waals surface area contributed by atoms with Crippen LogP contribution in [0.5, 0.6) is 11.5 Å². The van der Waals surface area contributed by atoms with Crippen molar-refractivity contribution in [3.8, 4) is 11.5 Å². The van der Waals surface area contributed by atoms with E-state index in [0.717, 1.165) is 31.4 Å². The first-order valence-corrected chi connectivity index (χ1v) is 7.88. The Morgan fingerprint density at radius 1 is 1.17 bits per heavy atom. The van der Waals surface area contributed by atoms with Crippen LogP contribution in [0.1, 0.15) is 5.56 Å². The molecule has 0 aliphatic rings. The van der Waals surface area contributed by atoms with Gasteiger partial charge < -0.3 is 9.47 Å². The molecule has 0 atom stereocenters. The molecule has 0 saturated carbocycles. The number of hydrogen-bond acceptors (Lipinski definition) is 7. The number of benzene rings is 2. The molecule has 9 nitrogen and oxygen atoms in total. The molecule has 2 N–H and O–H groups in total. The number of methoxy groups -OCH3 is 1. The molecule has 1 amide bonds. The lowest BCUT2D eigenvalue weighted by atomic mass is 10.2. The molecule has 0 unspecified atom stereocenters. The highest BCUT2D eigenvalue weighted by Crippen LogP contribution is 2.37. The summed E-state index contributed by atoms with van der Waals surface area (Å²) in [6.45, 7) is 0. The molecule has 2 aromatic carbocycles. The zero-order valence-electron chi connectivity index (χ0n) is 14.4. The van der Waals surface area contributed by atoms with Crippen molar-refractivity contribution in [1.29, 1.82) is 0 Å². The van der Waals surface area contributed by atoms with E-state index in [-0.39, 0.29) is 22.2 Å². The van der Waals surface area contributed by atoms with Gasteiger partial charge in [0.15, 0.2) is 0 Å². The van der Waals surface area contributed by atoms with Crippen LogP contribution in [-0.4, -0.2) is 23.9 Å². The predicted octanol–water partition coefficient (Wildman–Crippen LogP) is 3.68. The second-order valence-corrected chi connectivity index (χ2v) is 5.66. The van der Waals surface area contributed by atoms with E-state index in [1.54, 1.807) is 0 Å². The number of carbonyl (C=O) groups is 2. The fourth-order valence-corrected chi connectivity index (χ4v) is 2.21.